The van der Waals surface area contributed by atoms with E-state index < -0.39 is 0 Å². The fraction of sp³-hybridized carbons (Fsp3) is 0.0750. The van der Waals surface area contributed by atoms with Gasteiger partial charge in [-0.1, -0.05) is 115 Å². The van der Waals surface area contributed by atoms with E-state index in [4.69, 9.17) is 4.74 Å². The first-order valence-corrected chi connectivity index (χ1v) is 14.4. The molecule has 0 amide bonds. The monoisotopic (exact) mass is 559 g/mol. The molecule has 0 aliphatic heterocycles. The Morgan fingerprint density at radius 3 is 1.42 bits per heavy atom. The van der Waals surface area contributed by atoms with Crippen molar-refractivity contribution in [1.82, 2.24) is 0 Å². The van der Waals surface area contributed by atoms with E-state index in [1.165, 1.54) is 11.1 Å². The van der Waals surface area contributed by atoms with Crippen LogP contribution in [-0.4, -0.2) is 12.9 Å². The van der Waals surface area contributed by atoms with Crippen molar-refractivity contribution in [1.29, 1.82) is 0 Å². The fourth-order valence-corrected chi connectivity index (χ4v) is 5.72. The molecule has 0 saturated carbocycles. The topological polar surface area (TPSA) is 29.5 Å². The minimum atomic E-state index is -0.0258. The second kappa shape index (κ2) is 12.2. The quantitative estimate of drug-likeness (QED) is 0.137. The molecule has 6 rings (SSSR count). The summed E-state index contributed by atoms with van der Waals surface area (Å²) in [6.45, 7) is 3.43. The molecule has 0 N–H and O–H groups in total. The zero-order valence-corrected chi connectivity index (χ0v) is 24.6. The maximum absolute atomic E-state index is 12.8. The summed E-state index contributed by atoms with van der Waals surface area (Å²) in [5, 5.41) is 2.04. The summed E-state index contributed by atoms with van der Waals surface area (Å²) in [6, 6.07) is 50.6. The van der Waals surface area contributed by atoms with Crippen LogP contribution in [0.4, 0.5) is 17.1 Å². The van der Waals surface area contributed by atoms with E-state index in [0.717, 1.165) is 44.5 Å². The van der Waals surface area contributed by atoms with Crippen molar-refractivity contribution in [3.8, 4) is 22.3 Å². The van der Waals surface area contributed by atoms with E-state index in [9.17, 15) is 4.79 Å². The van der Waals surface area contributed by atoms with Gasteiger partial charge in [0.25, 0.3) is 0 Å². The lowest BCUT2D eigenvalue weighted by atomic mass is 9.93. The number of ketones is 1. The molecule has 0 saturated heterocycles. The zero-order valence-electron chi connectivity index (χ0n) is 24.6. The van der Waals surface area contributed by atoms with Crippen LogP contribution in [0.5, 0.6) is 0 Å². The van der Waals surface area contributed by atoms with E-state index in [0.29, 0.717) is 11.3 Å². The Hall–Kier alpha value is -5.41. The highest BCUT2D eigenvalue weighted by molar-refractivity contribution is 6.24. The van der Waals surface area contributed by atoms with Gasteiger partial charge in [0.2, 0.25) is 0 Å². The average Bonchev–Trinajstić information content (AvgIpc) is 3.07. The maximum atomic E-state index is 12.8. The first kappa shape index (κ1) is 27.7. The lowest BCUT2D eigenvalue weighted by Crippen LogP contribution is -2.11. The molecule has 0 aromatic heterocycles. The van der Waals surface area contributed by atoms with Gasteiger partial charge in [-0.05, 0) is 77.4 Å². The molecule has 0 radical (unpaired) electrons. The largest absolute Gasteiger partial charge is 0.501 e. The Morgan fingerprint density at radius 2 is 0.953 bits per heavy atom. The number of carbonyl (C=O) groups is 1. The second-order valence-corrected chi connectivity index (χ2v) is 10.5. The van der Waals surface area contributed by atoms with Gasteiger partial charge in [-0.2, -0.15) is 0 Å². The van der Waals surface area contributed by atoms with Gasteiger partial charge in [-0.25, -0.2) is 0 Å². The highest BCUT2D eigenvalue weighted by Crippen LogP contribution is 2.42. The van der Waals surface area contributed by atoms with Crippen LogP contribution in [-0.2, 0) is 9.53 Å². The van der Waals surface area contributed by atoms with Crippen molar-refractivity contribution >= 4 is 39.2 Å². The minimum absolute atomic E-state index is 0.0258. The van der Waals surface area contributed by atoms with Crippen LogP contribution >= 0.6 is 0 Å². The average molecular weight is 560 g/mol. The summed E-state index contributed by atoms with van der Waals surface area (Å²) in [5.41, 5.74) is 9.25. The van der Waals surface area contributed by atoms with Crippen molar-refractivity contribution in [3.63, 3.8) is 0 Å². The number of hydrogen-bond donors (Lipinski definition) is 0. The van der Waals surface area contributed by atoms with E-state index in [1.54, 1.807) is 14.0 Å². The van der Waals surface area contributed by atoms with Crippen molar-refractivity contribution in [2.75, 3.05) is 12.0 Å². The van der Waals surface area contributed by atoms with Crippen LogP contribution in [0.15, 0.2) is 151 Å². The Labute approximate surface area is 253 Å². The highest BCUT2D eigenvalue weighted by atomic mass is 16.5. The number of anilines is 3. The Morgan fingerprint density at radius 1 is 0.512 bits per heavy atom. The number of benzene rings is 6. The van der Waals surface area contributed by atoms with Crippen molar-refractivity contribution < 1.29 is 9.53 Å². The van der Waals surface area contributed by atoms with Gasteiger partial charge >= 0.3 is 0 Å². The van der Waals surface area contributed by atoms with Crippen molar-refractivity contribution in [2.45, 2.75) is 13.8 Å². The van der Waals surface area contributed by atoms with Crippen LogP contribution < -0.4 is 4.90 Å². The zero-order chi connectivity index (χ0) is 29.8. The number of allylic oxidation sites excluding steroid dienone is 2. The first-order chi connectivity index (χ1) is 21.0. The molecular formula is C40H33NO2. The number of Topliss-reactive ketones (excluding diaryl/α,β-unsaturated/α-hetero) is 1. The molecule has 3 heteroatoms. The standard InChI is InChI=1S/C40H33NO2/c1-28(42)40(29(2)43-3)38-26-27-39(37-17-11-10-16-36(37)38)41(34-22-18-32(19-23-34)30-12-6-4-7-13-30)35-24-20-33(21-25-35)31-14-8-5-9-15-31/h4-27H,1-3H3/b40-29+. The normalized spacial score (nSPS) is 11.6. The lowest BCUT2D eigenvalue weighted by Gasteiger charge is -2.28. The molecule has 210 valence electrons. The van der Waals surface area contributed by atoms with E-state index in [2.05, 4.69) is 120 Å². The van der Waals surface area contributed by atoms with Crippen LogP contribution in [0, 0.1) is 0 Å². The molecule has 0 unspecified atom stereocenters. The summed E-state index contributed by atoms with van der Waals surface area (Å²) in [6.07, 6.45) is 0. The van der Waals surface area contributed by atoms with Crippen LogP contribution in [0.1, 0.15) is 19.4 Å². The smallest absolute Gasteiger partial charge is 0.163 e. The number of fused-ring (bicyclic) bond motifs is 1. The summed E-state index contributed by atoms with van der Waals surface area (Å²) >= 11 is 0. The van der Waals surface area contributed by atoms with E-state index >= 15 is 0 Å². The SMILES string of the molecule is CO/C(C)=C(\C(C)=O)c1ccc(N(c2ccc(-c3ccccc3)cc2)c2ccc(-c3ccccc3)cc2)c2ccccc12. The summed E-state index contributed by atoms with van der Waals surface area (Å²) in [5.74, 6) is 0.581. The summed E-state index contributed by atoms with van der Waals surface area (Å²) in [4.78, 5) is 15.1. The Bertz CT molecular complexity index is 1820. The fourth-order valence-electron chi connectivity index (χ4n) is 5.72. The first-order valence-electron chi connectivity index (χ1n) is 14.4. The van der Waals surface area contributed by atoms with Gasteiger partial charge in [-0.3, -0.25) is 4.79 Å². The van der Waals surface area contributed by atoms with Gasteiger partial charge in [0, 0.05) is 16.8 Å². The molecule has 6 aromatic rings. The third kappa shape index (κ3) is 5.58. The van der Waals surface area contributed by atoms with Gasteiger partial charge in [0.1, 0.15) is 5.76 Å². The van der Waals surface area contributed by atoms with Gasteiger partial charge in [0.15, 0.2) is 5.78 Å². The highest BCUT2D eigenvalue weighted by Gasteiger charge is 2.20. The van der Waals surface area contributed by atoms with Crippen LogP contribution in [0.2, 0.25) is 0 Å². The van der Waals surface area contributed by atoms with E-state index in [1.807, 2.05) is 37.3 Å². The van der Waals surface area contributed by atoms with E-state index in [-0.39, 0.29) is 5.78 Å². The molecule has 6 aromatic carbocycles. The van der Waals surface area contributed by atoms with Crippen molar-refractivity contribution in [2.24, 2.45) is 0 Å². The van der Waals surface area contributed by atoms with Crippen LogP contribution in [0.3, 0.4) is 0 Å². The van der Waals surface area contributed by atoms with Gasteiger partial charge in [-0.15, -0.1) is 0 Å². The predicted octanol–water partition coefficient (Wildman–Crippen LogP) is 10.6. The number of hydrogen-bond acceptors (Lipinski definition) is 3. The summed E-state index contributed by atoms with van der Waals surface area (Å²) < 4.78 is 5.54. The molecule has 0 spiro atoms. The Kier molecular flexibility index (Phi) is 7.88. The number of ether oxygens (including phenoxy) is 1. The maximum Gasteiger partial charge on any atom is 0.163 e. The van der Waals surface area contributed by atoms with Crippen molar-refractivity contribution in [3.05, 3.63) is 157 Å². The number of nitrogens with zero attached hydrogens (tertiary/aromatic N) is 1. The number of carbonyl (C=O) groups excluding carboxylic acids is 1. The van der Waals surface area contributed by atoms with Gasteiger partial charge < -0.3 is 9.64 Å². The third-order valence-electron chi connectivity index (χ3n) is 7.89. The number of rotatable bonds is 8. The molecule has 0 aliphatic carbocycles. The molecule has 3 nitrogen and oxygen atoms in total. The Balaban J connectivity index is 1.53. The lowest BCUT2D eigenvalue weighted by molar-refractivity contribution is -0.111. The van der Waals surface area contributed by atoms with Gasteiger partial charge in [0.05, 0.1) is 18.4 Å². The molecular weight excluding hydrogens is 526 g/mol. The number of methoxy groups -OCH3 is 1. The second-order valence-electron chi connectivity index (χ2n) is 10.5. The molecule has 0 heterocycles. The predicted molar refractivity (Wildman–Crippen MR) is 180 cm³/mol. The molecule has 0 bridgehead atoms. The summed E-state index contributed by atoms with van der Waals surface area (Å²) in [7, 11) is 1.61. The minimum Gasteiger partial charge on any atom is -0.501 e. The third-order valence-corrected chi connectivity index (χ3v) is 7.89. The molecule has 43 heavy (non-hydrogen) atoms. The molecule has 0 aliphatic rings. The van der Waals surface area contributed by atoms with Crippen LogP contribution in [0.25, 0.3) is 38.6 Å². The molecule has 0 atom stereocenters. The molecule has 0 fully saturated rings.